The number of para-hydroxylation sites is 1. The van der Waals surface area contributed by atoms with Gasteiger partial charge in [-0.25, -0.2) is 9.97 Å². The quantitative estimate of drug-likeness (QED) is 0.747. The zero-order chi connectivity index (χ0) is 18.8. The van der Waals surface area contributed by atoms with Gasteiger partial charge >= 0.3 is 0 Å². The Kier molecular flexibility index (Phi) is 4.66. The lowest BCUT2D eigenvalue weighted by atomic mass is 10.2. The van der Waals surface area contributed by atoms with Gasteiger partial charge < -0.3 is 19.4 Å². The van der Waals surface area contributed by atoms with E-state index >= 15 is 0 Å². The Hall–Kier alpha value is -3.09. The van der Waals surface area contributed by atoms with Crippen molar-refractivity contribution >= 4 is 22.8 Å². The number of furan rings is 1. The van der Waals surface area contributed by atoms with Crippen molar-refractivity contribution in [2.24, 2.45) is 0 Å². The number of nitrogens with zero attached hydrogens (tertiary/aromatic N) is 3. The van der Waals surface area contributed by atoms with E-state index in [0.29, 0.717) is 17.9 Å². The van der Waals surface area contributed by atoms with Crippen LogP contribution in [0.2, 0.25) is 0 Å². The summed E-state index contributed by atoms with van der Waals surface area (Å²) in [4.78, 5) is 23.8. The van der Waals surface area contributed by atoms with Crippen LogP contribution in [-0.4, -0.2) is 36.1 Å². The summed E-state index contributed by atoms with van der Waals surface area (Å²) in [6.07, 6.45) is 2.33. The number of methoxy groups -OCH3 is 1. The average Bonchev–Trinajstić information content (AvgIpc) is 3.35. The van der Waals surface area contributed by atoms with E-state index < -0.39 is 0 Å². The standard InChI is InChI=1S/C20H22N4O3/c1-13-10-15(23-20(22-13)24-8-3-4-9-24)12-21-19(25)17-11-14-6-5-7-16(26-2)18(14)27-17/h5-7,10-11H,3-4,8-9,12H2,1-2H3,(H,21,25). The number of carbonyl (C=O) groups is 1. The van der Waals surface area contributed by atoms with E-state index in [4.69, 9.17) is 9.15 Å². The van der Waals surface area contributed by atoms with Gasteiger partial charge in [0.25, 0.3) is 5.91 Å². The van der Waals surface area contributed by atoms with Crippen molar-refractivity contribution in [2.45, 2.75) is 26.3 Å². The Balaban J connectivity index is 1.49. The van der Waals surface area contributed by atoms with Crippen molar-refractivity contribution in [3.05, 3.63) is 47.5 Å². The van der Waals surface area contributed by atoms with Gasteiger partial charge in [-0.3, -0.25) is 4.79 Å². The first-order valence-corrected chi connectivity index (χ1v) is 9.08. The van der Waals surface area contributed by atoms with E-state index in [-0.39, 0.29) is 11.7 Å². The lowest BCUT2D eigenvalue weighted by Gasteiger charge is -2.16. The van der Waals surface area contributed by atoms with Gasteiger partial charge in [0, 0.05) is 24.2 Å². The number of fused-ring (bicyclic) bond motifs is 1. The molecule has 0 unspecified atom stereocenters. The largest absolute Gasteiger partial charge is 0.493 e. The lowest BCUT2D eigenvalue weighted by molar-refractivity contribution is 0.0924. The molecule has 140 valence electrons. The van der Waals surface area contributed by atoms with Crippen LogP contribution in [0.25, 0.3) is 11.0 Å². The van der Waals surface area contributed by atoms with Crippen molar-refractivity contribution in [3.8, 4) is 5.75 Å². The van der Waals surface area contributed by atoms with Gasteiger partial charge in [-0.1, -0.05) is 12.1 Å². The number of aryl methyl sites for hydroxylation is 1. The second kappa shape index (κ2) is 7.26. The molecule has 1 fully saturated rings. The minimum absolute atomic E-state index is 0.250. The highest BCUT2D eigenvalue weighted by atomic mass is 16.5. The van der Waals surface area contributed by atoms with Crippen LogP contribution in [0.4, 0.5) is 5.95 Å². The van der Waals surface area contributed by atoms with Crippen LogP contribution in [-0.2, 0) is 6.54 Å². The molecule has 27 heavy (non-hydrogen) atoms. The summed E-state index contributed by atoms with van der Waals surface area (Å²) in [6, 6.07) is 9.16. The van der Waals surface area contributed by atoms with E-state index in [2.05, 4.69) is 20.2 Å². The molecule has 1 saturated heterocycles. The summed E-state index contributed by atoms with van der Waals surface area (Å²) in [5.41, 5.74) is 2.25. The molecule has 0 bridgehead atoms. The summed E-state index contributed by atoms with van der Waals surface area (Å²) in [7, 11) is 1.58. The maximum absolute atomic E-state index is 12.5. The first-order valence-electron chi connectivity index (χ1n) is 9.08. The molecule has 7 heteroatoms. The number of rotatable bonds is 5. The molecular weight excluding hydrogens is 344 g/mol. The third-order valence-electron chi connectivity index (χ3n) is 4.67. The van der Waals surface area contributed by atoms with Crippen LogP contribution in [0.1, 0.15) is 34.8 Å². The fourth-order valence-electron chi connectivity index (χ4n) is 3.33. The second-order valence-corrected chi connectivity index (χ2v) is 6.67. The monoisotopic (exact) mass is 366 g/mol. The Morgan fingerprint density at radius 3 is 2.85 bits per heavy atom. The molecule has 1 aliphatic heterocycles. The summed E-state index contributed by atoms with van der Waals surface area (Å²) in [5.74, 6) is 1.31. The fourth-order valence-corrected chi connectivity index (χ4v) is 3.33. The van der Waals surface area contributed by atoms with Crippen molar-refractivity contribution in [1.29, 1.82) is 0 Å². The predicted octanol–water partition coefficient (Wildman–Crippen LogP) is 3.07. The van der Waals surface area contributed by atoms with Crippen molar-refractivity contribution in [3.63, 3.8) is 0 Å². The number of carbonyl (C=O) groups excluding carboxylic acids is 1. The van der Waals surface area contributed by atoms with Gasteiger partial charge in [-0.15, -0.1) is 0 Å². The highest BCUT2D eigenvalue weighted by Gasteiger charge is 2.17. The first kappa shape index (κ1) is 17.3. The SMILES string of the molecule is COc1cccc2cc(C(=O)NCc3cc(C)nc(N4CCCC4)n3)oc12. The molecule has 0 aliphatic carbocycles. The molecule has 1 aromatic carbocycles. The number of ether oxygens (including phenoxy) is 1. The highest BCUT2D eigenvalue weighted by molar-refractivity contribution is 5.97. The molecule has 0 radical (unpaired) electrons. The molecule has 1 amide bonds. The van der Waals surface area contributed by atoms with Crippen LogP contribution in [0.5, 0.6) is 5.75 Å². The van der Waals surface area contributed by atoms with Crippen molar-refractivity contribution in [2.75, 3.05) is 25.1 Å². The molecule has 7 nitrogen and oxygen atoms in total. The van der Waals surface area contributed by atoms with Gasteiger partial charge in [-0.05, 0) is 38.0 Å². The second-order valence-electron chi connectivity index (χ2n) is 6.67. The van der Waals surface area contributed by atoms with Crippen LogP contribution in [0, 0.1) is 6.92 Å². The summed E-state index contributed by atoms with van der Waals surface area (Å²) in [5, 5.41) is 3.70. The topological polar surface area (TPSA) is 80.5 Å². The molecule has 3 heterocycles. The molecule has 0 saturated carbocycles. The molecule has 1 aliphatic rings. The third kappa shape index (κ3) is 3.58. The molecule has 1 N–H and O–H groups in total. The third-order valence-corrected chi connectivity index (χ3v) is 4.67. The van der Waals surface area contributed by atoms with Crippen molar-refractivity contribution < 1.29 is 13.9 Å². The molecule has 0 atom stereocenters. The van der Waals surface area contributed by atoms with E-state index in [1.807, 2.05) is 25.1 Å². The van der Waals surface area contributed by atoms with Crippen LogP contribution in [0.3, 0.4) is 0 Å². The van der Waals surface area contributed by atoms with E-state index in [9.17, 15) is 4.79 Å². The number of benzene rings is 1. The highest BCUT2D eigenvalue weighted by Crippen LogP contribution is 2.28. The zero-order valence-electron chi connectivity index (χ0n) is 15.5. The lowest BCUT2D eigenvalue weighted by Crippen LogP contribution is -2.25. The summed E-state index contributed by atoms with van der Waals surface area (Å²) >= 11 is 0. The average molecular weight is 366 g/mol. The van der Waals surface area contributed by atoms with Crippen LogP contribution >= 0.6 is 0 Å². The number of nitrogens with one attached hydrogen (secondary N) is 1. The van der Waals surface area contributed by atoms with Gasteiger partial charge in [-0.2, -0.15) is 0 Å². The molecule has 4 rings (SSSR count). The summed E-state index contributed by atoms with van der Waals surface area (Å²) < 4.78 is 11.0. The number of amides is 1. The maximum Gasteiger partial charge on any atom is 0.287 e. The maximum atomic E-state index is 12.5. The van der Waals surface area contributed by atoms with E-state index in [1.165, 1.54) is 12.8 Å². The van der Waals surface area contributed by atoms with Gasteiger partial charge in [0.2, 0.25) is 5.95 Å². The number of hydrogen-bond donors (Lipinski definition) is 1. The predicted molar refractivity (Wildman–Crippen MR) is 102 cm³/mol. The van der Waals surface area contributed by atoms with Gasteiger partial charge in [0.15, 0.2) is 17.1 Å². The van der Waals surface area contributed by atoms with Crippen LogP contribution < -0.4 is 15.0 Å². The molecule has 3 aromatic rings. The summed E-state index contributed by atoms with van der Waals surface area (Å²) in [6.45, 7) is 4.22. The van der Waals surface area contributed by atoms with Gasteiger partial charge in [0.05, 0.1) is 19.3 Å². The Labute approximate surface area is 157 Å². The molecule has 2 aromatic heterocycles. The Bertz CT molecular complexity index is 977. The normalized spacial score (nSPS) is 13.9. The molecule has 0 spiro atoms. The Morgan fingerprint density at radius 2 is 2.07 bits per heavy atom. The number of hydrogen-bond acceptors (Lipinski definition) is 6. The minimum atomic E-state index is -0.285. The molecular formula is C20H22N4O3. The number of aromatic nitrogens is 2. The van der Waals surface area contributed by atoms with E-state index in [1.54, 1.807) is 19.2 Å². The first-order chi connectivity index (χ1) is 13.1. The smallest absolute Gasteiger partial charge is 0.287 e. The van der Waals surface area contributed by atoms with E-state index in [0.717, 1.165) is 35.8 Å². The van der Waals surface area contributed by atoms with Crippen molar-refractivity contribution in [1.82, 2.24) is 15.3 Å². The van der Waals surface area contributed by atoms with Crippen LogP contribution in [0.15, 0.2) is 34.7 Å². The fraction of sp³-hybridized carbons (Fsp3) is 0.350. The Morgan fingerprint density at radius 1 is 1.26 bits per heavy atom. The minimum Gasteiger partial charge on any atom is -0.493 e. The van der Waals surface area contributed by atoms with Gasteiger partial charge in [0.1, 0.15) is 0 Å². The number of anilines is 1. The zero-order valence-corrected chi connectivity index (χ0v) is 15.5.